The van der Waals surface area contributed by atoms with Crippen molar-refractivity contribution in [3.8, 4) is 11.5 Å². The topological polar surface area (TPSA) is 107 Å². The summed E-state index contributed by atoms with van der Waals surface area (Å²) < 4.78 is 10.6. The molecule has 196 valence electrons. The number of ether oxygens (including phenoxy) is 1. The minimum Gasteiger partial charge on any atom is -0.466 e. The van der Waals surface area contributed by atoms with Crippen molar-refractivity contribution >= 4 is 40.7 Å². The van der Waals surface area contributed by atoms with E-state index >= 15 is 0 Å². The number of hydrogen-bond acceptors (Lipinski definition) is 8. The average Bonchev–Trinajstić information content (AvgIpc) is 3.42. The number of aromatic nitrogens is 1. The van der Waals surface area contributed by atoms with E-state index in [-0.39, 0.29) is 42.3 Å². The Morgan fingerprint density at radius 1 is 1.05 bits per heavy atom. The maximum Gasteiger partial charge on any atom is 0.305 e. The molecule has 0 radical (unpaired) electrons. The van der Waals surface area contributed by atoms with Gasteiger partial charge in [-0.15, -0.1) is 0 Å². The van der Waals surface area contributed by atoms with Crippen molar-refractivity contribution < 1.29 is 28.3 Å². The lowest BCUT2D eigenvalue weighted by Crippen LogP contribution is -2.29. The predicted molar refractivity (Wildman–Crippen MR) is 144 cm³/mol. The molecule has 0 aliphatic carbocycles. The van der Waals surface area contributed by atoms with E-state index in [1.807, 2.05) is 37.3 Å². The Kier molecular flexibility index (Phi) is 8.91. The zero-order valence-corrected chi connectivity index (χ0v) is 22.1. The Labute approximate surface area is 225 Å². The molecule has 8 nitrogen and oxygen atoms in total. The van der Waals surface area contributed by atoms with Crippen LogP contribution in [0.4, 0.5) is 4.79 Å². The van der Waals surface area contributed by atoms with Crippen molar-refractivity contribution in [1.29, 1.82) is 0 Å². The second-order valence-corrected chi connectivity index (χ2v) is 9.67. The lowest BCUT2D eigenvalue weighted by Gasteiger charge is -2.11. The zero-order valence-electron chi connectivity index (χ0n) is 21.3. The second kappa shape index (κ2) is 12.5. The average molecular weight is 533 g/mol. The number of ketones is 1. The Hall–Kier alpha value is -3.98. The van der Waals surface area contributed by atoms with Gasteiger partial charge >= 0.3 is 5.97 Å². The molecule has 38 heavy (non-hydrogen) atoms. The predicted octanol–water partition coefficient (Wildman–Crippen LogP) is 5.85. The standard InChI is InChI=1S/C29H28N2O6S/c1-3-36-26(33)10-7-17-31-28(34)25(38-29(31)35)18-20-11-13-21(14-12-20)24(32)16-15-23-19(2)37-27(30-23)22-8-5-4-6-9-22/h4-6,8-9,11-14,18H,3,7,10,15-17H2,1-2H3/b25-18-. The van der Waals surface area contributed by atoms with Crippen LogP contribution in [0.15, 0.2) is 63.9 Å². The maximum atomic E-state index is 12.8. The van der Waals surface area contributed by atoms with E-state index in [4.69, 9.17) is 9.15 Å². The second-order valence-electron chi connectivity index (χ2n) is 8.68. The number of thioether (sulfide) groups is 1. The summed E-state index contributed by atoms with van der Waals surface area (Å²) in [7, 11) is 0. The first-order valence-corrected chi connectivity index (χ1v) is 13.2. The highest BCUT2D eigenvalue weighted by Crippen LogP contribution is 2.32. The summed E-state index contributed by atoms with van der Waals surface area (Å²) in [5, 5.41) is -0.365. The summed E-state index contributed by atoms with van der Waals surface area (Å²) >= 11 is 0.863. The number of oxazole rings is 1. The molecule has 1 aromatic heterocycles. The lowest BCUT2D eigenvalue weighted by molar-refractivity contribution is -0.143. The van der Waals surface area contributed by atoms with Gasteiger partial charge in [-0.3, -0.25) is 24.1 Å². The van der Waals surface area contributed by atoms with E-state index in [0.717, 1.165) is 27.9 Å². The quantitative estimate of drug-likeness (QED) is 0.172. The van der Waals surface area contributed by atoms with Crippen LogP contribution in [0.25, 0.3) is 17.5 Å². The maximum absolute atomic E-state index is 12.8. The fourth-order valence-corrected chi connectivity index (χ4v) is 4.83. The first kappa shape index (κ1) is 27.1. The van der Waals surface area contributed by atoms with Crippen molar-refractivity contribution in [1.82, 2.24) is 9.88 Å². The zero-order chi connectivity index (χ0) is 27.1. The molecule has 0 N–H and O–H groups in total. The van der Waals surface area contributed by atoms with Crippen LogP contribution in [0, 0.1) is 6.92 Å². The van der Waals surface area contributed by atoms with Crippen molar-refractivity contribution in [2.75, 3.05) is 13.2 Å². The van der Waals surface area contributed by atoms with Crippen LogP contribution < -0.4 is 0 Å². The van der Waals surface area contributed by atoms with Crippen LogP contribution in [0.3, 0.4) is 0 Å². The number of esters is 1. The molecule has 1 fully saturated rings. The van der Waals surface area contributed by atoms with Gasteiger partial charge in [-0.1, -0.05) is 42.5 Å². The number of nitrogens with zero attached hydrogens (tertiary/aromatic N) is 2. The van der Waals surface area contributed by atoms with Gasteiger partial charge in [0, 0.05) is 36.9 Å². The molecule has 2 heterocycles. The van der Waals surface area contributed by atoms with Gasteiger partial charge in [-0.25, -0.2) is 4.98 Å². The van der Waals surface area contributed by atoms with Crippen molar-refractivity contribution in [2.45, 2.75) is 39.5 Å². The molecule has 0 spiro atoms. The molecular weight excluding hydrogens is 504 g/mol. The number of aryl methyl sites for hydroxylation is 2. The van der Waals surface area contributed by atoms with Gasteiger partial charge in [-0.05, 0) is 55.8 Å². The highest BCUT2D eigenvalue weighted by Gasteiger charge is 2.34. The van der Waals surface area contributed by atoms with Crippen molar-refractivity contribution in [2.24, 2.45) is 0 Å². The Bertz CT molecular complexity index is 1360. The third-order valence-electron chi connectivity index (χ3n) is 5.97. The number of hydrogen-bond donors (Lipinski definition) is 0. The molecule has 1 aliphatic heterocycles. The van der Waals surface area contributed by atoms with Crippen LogP contribution in [0.2, 0.25) is 0 Å². The van der Waals surface area contributed by atoms with E-state index in [1.165, 1.54) is 0 Å². The van der Waals surface area contributed by atoms with Gasteiger partial charge in [0.25, 0.3) is 11.1 Å². The summed E-state index contributed by atoms with van der Waals surface area (Å²) in [5.74, 6) is 0.474. The lowest BCUT2D eigenvalue weighted by atomic mass is 10.0. The number of carbonyl (C=O) groups excluding carboxylic acids is 4. The minimum absolute atomic E-state index is 0.0258. The number of rotatable bonds is 11. The number of amides is 2. The monoisotopic (exact) mass is 532 g/mol. The first-order chi connectivity index (χ1) is 18.4. The summed E-state index contributed by atoms with van der Waals surface area (Å²) in [6.07, 6.45) is 2.88. The molecule has 1 aliphatic rings. The first-order valence-electron chi connectivity index (χ1n) is 12.4. The van der Waals surface area contributed by atoms with E-state index < -0.39 is 0 Å². The fraction of sp³-hybridized carbons (Fsp3) is 0.276. The van der Waals surface area contributed by atoms with Crippen LogP contribution in [-0.4, -0.2) is 45.9 Å². The normalized spacial score (nSPS) is 14.4. The van der Waals surface area contributed by atoms with E-state index in [0.29, 0.717) is 47.1 Å². The molecule has 2 aromatic carbocycles. The van der Waals surface area contributed by atoms with Crippen LogP contribution in [0.5, 0.6) is 0 Å². The van der Waals surface area contributed by atoms with E-state index in [9.17, 15) is 19.2 Å². The Morgan fingerprint density at radius 3 is 2.50 bits per heavy atom. The highest BCUT2D eigenvalue weighted by molar-refractivity contribution is 8.18. The molecule has 3 aromatic rings. The molecule has 0 bridgehead atoms. The summed E-state index contributed by atoms with van der Waals surface area (Å²) in [6.45, 7) is 4.02. The Balaban J connectivity index is 1.32. The molecule has 0 atom stereocenters. The van der Waals surface area contributed by atoms with Gasteiger partial charge in [0.05, 0.1) is 17.2 Å². The largest absolute Gasteiger partial charge is 0.466 e. The van der Waals surface area contributed by atoms with Crippen molar-refractivity contribution in [3.05, 3.63) is 82.1 Å². The molecular formula is C29H28N2O6S. The van der Waals surface area contributed by atoms with Gasteiger partial charge in [0.2, 0.25) is 5.89 Å². The molecule has 9 heteroatoms. The SMILES string of the molecule is CCOC(=O)CCCN1C(=O)S/C(=C\c2ccc(C(=O)CCc3nc(-c4ccccc4)oc3C)cc2)C1=O. The van der Waals surface area contributed by atoms with Crippen molar-refractivity contribution in [3.63, 3.8) is 0 Å². The van der Waals surface area contributed by atoms with Gasteiger partial charge < -0.3 is 9.15 Å². The number of benzene rings is 2. The third-order valence-corrected chi connectivity index (χ3v) is 6.88. The molecule has 4 rings (SSSR count). The number of imide groups is 1. The fourth-order valence-electron chi connectivity index (χ4n) is 3.96. The molecule has 1 saturated heterocycles. The highest BCUT2D eigenvalue weighted by atomic mass is 32.2. The minimum atomic E-state index is -0.387. The number of Topliss-reactive ketones (excluding diaryl/α,β-unsaturated/α-hetero) is 1. The van der Waals surface area contributed by atoms with Crippen LogP contribution in [-0.2, 0) is 20.7 Å². The van der Waals surface area contributed by atoms with Crippen LogP contribution >= 0.6 is 11.8 Å². The van der Waals surface area contributed by atoms with Crippen LogP contribution in [0.1, 0.15) is 53.6 Å². The van der Waals surface area contributed by atoms with E-state index in [2.05, 4.69) is 4.98 Å². The van der Waals surface area contributed by atoms with Gasteiger partial charge in [-0.2, -0.15) is 0 Å². The smallest absolute Gasteiger partial charge is 0.305 e. The number of carbonyl (C=O) groups is 4. The third kappa shape index (κ3) is 6.66. The summed E-state index contributed by atoms with van der Waals surface area (Å²) in [5.41, 5.74) is 2.90. The van der Waals surface area contributed by atoms with E-state index in [1.54, 1.807) is 37.3 Å². The molecule has 2 amide bonds. The molecule has 0 unspecified atom stereocenters. The summed E-state index contributed by atoms with van der Waals surface area (Å²) in [4.78, 5) is 55.2. The Morgan fingerprint density at radius 2 is 1.79 bits per heavy atom. The summed E-state index contributed by atoms with van der Waals surface area (Å²) in [6, 6.07) is 16.5. The van der Waals surface area contributed by atoms with Gasteiger partial charge in [0.1, 0.15) is 5.76 Å². The molecule has 0 saturated carbocycles. The van der Waals surface area contributed by atoms with Gasteiger partial charge in [0.15, 0.2) is 5.78 Å².